The third-order valence-corrected chi connectivity index (χ3v) is 3.20. The summed E-state index contributed by atoms with van der Waals surface area (Å²) in [6, 6.07) is 10.4. The van der Waals surface area contributed by atoms with Crippen LogP contribution in [0.5, 0.6) is 5.75 Å². The van der Waals surface area contributed by atoms with E-state index in [1.165, 1.54) is 31.2 Å². The lowest BCUT2D eigenvalue weighted by molar-refractivity contribution is -0.149. The second kappa shape index (κ2) is 8.02. The molecule has 1 atom stereocenters. The normalized spacial score (nSPS) is 11.3. The van der Waals surface area contributed by atoms with Crippen LogP contribution in [0.2, 0.25) is 0 Å². The average Bonchev–Trinajstić information content (AvgIpc) is 2.62. The molecule has 0 fully saturated rings. The number of hydrogen-bond acceptors (Lipinski definition) is 5. The van der Waals surface area contributed by atoms with Crippen LogP contribution in [0, 0.1) is 23.0 Å². The minimum Gasteiger partial charge on any atom is -0.479 e. The van der Waals surface area contributed by atoms with Crippen LogP contribution in [0.4, 0.5) is 8.78 Å². The molecule has 128 valence electrons. The highest BCUT2D eigenvalue weighted by Crippen LogP contribution is 2.14. The van der Waals surface area contributed by atoms with Gasteiger partial charge in [0.1, 0.15) is 17.4 Å². The molecule has 25 heavy (non-hydrogen) atoms. The van der Waals surface area contributed by atoms with E-state index >= 15 is 0 Å². The summed E-state index contributed by atoms with van der Waals surface area (Å²) >= 11 is 0. The number of benzene rings is 2. The highest BCUT2D eigenvalue weighted by atomic mass is 19.1. The molecule has 2 aromatic carbocycles. The van der Waals surface area contributed by atoms with Gasteiger partial charge in [0.2, 0.25) is 5.78 Å². The molecule has 5 nitrogen and oxygen atoms in total. The van der Waals surface area contributed by atoms with Crippen molar-refractivity contribution in [2.45, 2.75) is 13.0 Å². The van der Waals surface area contributed by atoms with E-state index < -0.39 is 41.7 Å². The summed E-state index contributed by atoms with van der Waals surface area (Å²) in [7, 11) is 0. The molecule has 0 N–H and O–H groups in total. The Labute approximate surface area is 142 Å². The molecule has 0 aliphatic rings. The average molecular weight is 345 g/mol. The Morgan fingerprint density at radius 1 is 1.16 bits per heavy atom. The van der Waals surface area contributed by atoms with Gasteiger partial charge < -0.3 is 9.47 Å². The van der Waals surface area contributed by atoms with Gasteiger partial charge in [-0.3, -0.25) is 4.79 Å². The zero-order valence-electron chi connectivity index (χ0n) is 13.2. The zero-order chi connectivity index (χ0) is 18.4. The smallest absolute Gasteiger partial charge is 0.347 e. The summed E-state index contributed by atoms with van der Waals surface area (Å²) in [5, 5.41) is 8.70. The van der Waals surface area contributed by atoms with E-state index in [1.54, 1.807) is 0 Å². The maximum atomic E-state index is 13.5. The third-order valence-electron chi connectivity index (χ3n) is 3.20. The number of hydrogen-bond donors (Lipinski definition) is 0. The number of rotatable bonds is 6. The van der Waals surface area contributed by atoms with E-state index in [2.05, 4.69) is 0 Å². The molecule has 0 bridgehead atoms. The number of esters is 1. The Bertz CT molecular complexity index is 828. The Balaban J connectivity index is 1.91. The second-order valence-corrected chi connectivity index (χ2v) is 5.05. The summed E-state index contributed by atoms with van der Waals surface area (Å²) in [6.45, 7) is 0.675. The van der Waals surface area contributed by atoms with E-state index in [-0.39, 0.29) is 0 Å². The predicted octanol–water partition coefficient (Wildman–Crippen LogP) is 3.03. The maximum absolute atomic E-state index is 13.5. The van der Waals surface area contributed by atoms with Crippen LogP contribution < -0.4 is 4.74 Å². The Kier molecular flexibility index (Phi) is 5.79. The highest BCUT2D eigenvalue weighted by Gasteiger charge is 2.20. The fourth-order valence-electron chi connectivity index (χ4n) is 1.90. The predicted molar refractivity (Wildman–Crippen MR) is 82.9 cm³/mol. The van der Waals surface area contributed by atoms with Crippen molar-refractivity contribution in [1.82, 2.24) is 0 Å². The van der Waals surface area contributed by atoms with E-state index in [4.69, 9.17) is 14.7 Å². The zero-order valence-corrected chi connectivity index (χ0v) is 13.2. The molecular weight excluding hydrogens is 332 g/mol. The van der Waals surface area contributed by atoms with Crippen LogP contribution in [0.3, 0.4) is 0 Å². The number of halogens is 2. The van der Waals surface area contributed by atoms with Gasteiger partial charge in [-0.25, -0.2) is 13.6 Å². The van der Waals surface area contributed by atoms with E-state index in [9.17, 15) is 18.4 Å². The standard InChI is InChI=1S/C18H13F2NO4/c1-11(25-14-5-2-12(9-21)3-6-14)18(23)24-10-17(22)15-8-13(19)4-7-16(15)20/h2-8,11H,10H2,1H3/t11-/m1/s1. The van der Waals surface area contributed by atoms with Gasteiger partial charge in [0.15, 0.2) is 12.7 Å². The lowest BCUT2D eigenvalue weighted by Gasteiger charge is -2.13. The Morgan fingerprint density at radius 2 is 1.84 bits per heavy atom. The van der Waals surface area contributed by atoms with Crippen molar-refractivity contribution in [3.63, 3.8) is 0 Å². The van der Waals surface area contributed by atoms with Gasteiger partial charge in [-0.05, 0) is 49.4 Å². The van der Waals surface area contributed by atoms with Crippen LogP contribution in [0.15, 0.2) is 42.5 Å². The first-order chi connectivity index (χ1) is 11.9. The first-order valence-corrected chi connectivity index (χ1v) is 7.22. The second-order valence-electron chi connectivity index (χ2n) is 5.05. The van der Waals surface area contributed by atoms with Crippen molar-refractivity contribution in [1.29, 1.82) is 5.26 Å². The van der Waals surface area contributed by atoms with Gasteiger partial charge in [0.25, 0.3) is 0 Å². The minimum atomic E-state index is -1.03. The number of Topliss-reactive ketones (excluding diaryl/α,β-unsaturated/α-hetero) is 1. The van der Waals surface area contributed by atoms with Gasteiger partial charge in [-0.15, -0.1) is 0 Å². The van der Waals surface area contributed by atoms with Gasteiger partial charge in [-0.2, -0.15) is 5.26 Å². The first kappa shape index (κ1) is 18.1. The topological polar surface area (TPSA) is 76.4 Å². The molecule has 0 aromatic heterocycles. The molecule has 0 saturated heterocycles. The fourth-order valence-corrected chi connectivity index (χ4v) is 1.90. The maximum Gasteiger partial charge on any atom is 0.347 e. The highest BCUT2D eigenvalue weighted by molar-refractivity contribution is 5.98. The van der Waals surface area contributed by atoms with Crippen LogP contribution in [0.25, 0.3) is 0 Å². The summed E-state index contributed by atoms with van der Waals surface area (Å²) in [4.78, 5) is 23.7. The van der Waals surface area contributed by atoms with Crippen molar-refractivity contribution in [3.05, 3.63) is 65.2 Å². The molecule has 0 saturated carbocycles. The molecule has 0 aliphatic carbocycles. The summed E-state index contributed by atoms with van der Waals surface area (Å²) in [6.07, 6.45) is -1.03. The van der Waals surface area contributed by atoms with Crippen molar-refractivity contribution >= 4 is 11.8 Å². The fraction of sp³-hybridized carbons (Fsp3) is 0.167. The molecule has 0 spiro atoms. The van der Waals surface area contributed by atoms with Crippen molar-refractivity contribution in [2.24, 2.45) is 0 Å². The van der Waals surface area contributed by atoms with Crippen molar-refractivity contribution < 1.29 is 27.8 Å². The largest absolute Gasteiger partial charge is 0.479 e. The third kappa shape index (κ3) is 4.85. The number of nitriles is 1. The minimum absolute atomic E-state index is 0.339. The molecule has 2 rings (SSSR count). The monoisotopic (exact) mass is 345 g/mol. The Hall–Kier alpha value is -3.27. The molecule has 0 amide bonds. The number of carbonyl (C=O) groups is 2. The van der Waals surface area contributed by atoms with Gasteiger partial charge in [0.05, 0.1) is 17.2 Å². The van der Waals surface area contributed by atoms with Crippen LogP contribution in [0.1, 0.15) is 22.8 Å². The first-order valence-electron chi connectivity index (χ1n) is 7.22. The lowest BCUT2D eigenvalue weighted by atomic mass is 10.1. The summed E-state index contributed by atoms with van der Waals surface area (Å²) in [5.74, 6) is -3.03. The number of carbonyl (C=O) groups excluding carboxylic acids is 2. The molecule has 0 unspecified atom stereocenters. The number of ether oxygens (including phenoxy) is 2. The van der Waals surface area contributed by atoms with Crippen molar-refractivity contribution in [3.8, 4) is 11.8 Å². The van der Waals surface area contributed by atoms with Gasteiger partial charge >= 0.3 is 5.97 Å². The van der Waals surface area contributed by atoms with Crippen LogP contribution >= 0.6 is 0 Å². The SMILES string of the molecule is C[C@@H](Oc1ccc(C#N)cc1)C(=O)OCC(=O)c1cc(F)ccc1F. The van der Waals surface area contributed by atoms with Gasteiger partial charge in [0, 0.05) is 0 Å². The molecular formula is C18H13F2NO4. The van der Waals surface area contributed by atoms with E-state index in [1.807, 2.05) is 6.07 Å². The molecule has 7 heteroatoms. The quantitative estimate of drug-likeness (QED) is 0.594. The molecule has 0 aliphatic heterocycles. The van der Waals surface area contributed by atoms with Crippen molar-refractivity contribution in [2.75, 3.05) is 6.61 Å². The van der Waals surface area contributed by atoms with Gasteiger partial charge in [-0.1, -0.05) is 0 Å². The summed E-state index contributed by atoms with van der Waals surface area (Å²) < 4.78 is 36.6. The number of nitrogens with zero attached hydrogens (tertiary/aromatic N) is 1. The van der Waals surface area contributed by atoms with E-state index in [0.717, 1.165) is 18.2 Å². The summed E-state index contributed by atoms with van der Waals surface area (Å²) in [5.41, 5.74) is -0.0567. The lowest BCUT2D eigenvalue weighted by Crippen LogP contribution is -2.28. The number of ketones is 1. The molecule has 2 aromatic rings. The van der Waals surface area contributed by atoms with Crippen LogP contribution in [-0.2, 0) is 9.53 Å². The van der Waals surface area contributed by atoms with E-state index in [0.29, 0.717) is 11.3 Å². The molecule has 0 radical (unpaired) electrons. The molecule has 0 heterocycles. The Morgan fingerprint density at radius 3 is 2.48 bits per heavy atom. The van der Waals surface area contributed by atoms with Crippen LogP contribution in [-0.4, -0.2) is 24.5 Å².